The highest BCUT2D eigenvalue weighted by molar-refractivity contribution is 5.91. The summed E-state index contributed by atoms with van der Waals surface area (Å²) in [5.74, 6) is 0.536. The molecule has 1 aromatic rings. The number of rotatable bonds is 0. The van der Waals surface area contributed by atoms with E-state index in [0.29, 0.717) is 18.6 Å². The highest BCUT2D eigenvalue weighted by atomic mass is 16.5. The minimum absolute atomic E-state index is 0.0330. The first kappa shape index (κ1) is 13.6. The van der Waals surface area contributed by atoms with Crippen molar-refractivity contribution in [3.63, 3.8) is 0 Å². The maximum Gasteiger partial charge on any atom is 0.165 e. The average molecular weight is 313 g/mol. The van der Waals surface area contributed by atoms with Crippen molar-refractivity contribution < 1.29 is 19.7 Å². The summed E-state index contributed by atoms with van der Waals surface area (Å²) >= 11 is 0. The van der Waals surface area contributed by atoms with Gasteiger partial charge in [-0.1, -0.05) is 6.07 Å². The van der Waals surface area contributed by atoms with E-state index < -0.39 is 17.1 Å². The molecule has 4 aliphatic rings. The molecule has 5 heteroatoms. The van der Waals surface area contributed by atoms with Crippen LogP contribution in [0.2, 0.25) is 0 Å². The van der Waals surface area contributed by atoms with E-state index >= 15 is 0 Å². The van der Waals surface area contributed by atoms with Gasteiger partial charge in [0.2, 0.25) is 0 Å². The standard InChI is InChI=1S/C18H19NO4/c1-19-7-6-17-14-9-11(20)4-5-18(17,22)13(19)8-10-2-3-12(21)16(23-14)15(10)17/h2-5,13-14,21-22H,6-9H2,1H3. The van der Waals surface area contributed by atoms with Crippen LogP contribution in [0.3, 0.4) is 0 Å². The molecule has 0 saturated carbocycles. The zero-order chi connectivity index (χ0) is 16.0. The number of likely N-dealkylation sites (N-methyl/N-ethyl adjacent to an activating group) is 1. The minimum atomic E-state index is -1.15. The van der Waals surface area contributed by atoms with Gasteiger partial charge in [-0.15, -0.1) is 0 Å². The molecule has 0 amide bonds. The number of nitrogens with zero attached hydrogens (tertiary/aromatic N) is 1. The molecule has 2 bridgehead atoms. The van der Waals surface area contributed by atoms with Gasteiger partial charge in [-0.05, 0) is 50.2 Å². The highest BCUT2D eigenvalue weighted by Gasteiger charge is 2.69. The van der Waals surface area contributed by atoms with Gasteiger partial charge >= 0.3 is 0 Å². The number of ether oxygens (including phenoxy) is 1. The van der Waals surface area contributed by atoms with E-state index in [9.17, 15) is 15.0 Å². The third-order valence-electron chi connectivity index (χ3n) is 6.42. The Balaban J connectivity index is 1.88. The summed E-state index contributed by atoms with van der Waals surface area (Å²) in [6.45, 7) is 0.837. The second kappa shape index (κ2) is 3.97. The Hall–Kier alpha value is -1.85. The van der Waals surface area contributed by atoms with Crippen molar-refractivity contribution in [3.8, 4) is 11.5 Å². The van der Waals surface area contributed by atoms with Crippen LogP contribution in [-0.4, -0.2) is 52.2 Å². The van der Waals surface area contributed by atoms with Crippen LogP contribution >= 0.6 is 0 Å². The average Bonchev–Trinajstić information content (AvgIpc) is 2.78. The van der Waals surface area contributed by atoms with E-state index in [2.05, 4.69) is 4.90 Å². The van der Waals surface area contributed by atoms with Crippen molar-refractivity contribution in [2.75, 3.05) is 13.6 Å². The monoisotopic (exact) mass is 313 g/mol. The molecular weight excluding hydrogens is 294 g/mol. The predicted molar refractivity (Wildman–Crippen MR) is 82.7 cm³/mol. The second-order valence-electron chi connectivity index (χ2n) is 7.31. The van der Waals surface area contributed by atoms with Crippen LogP contribution in [0.4, 0.5) is 0 Å². The third kappa shape index (κ3) is 1.35. The van der Waals surface area contributed by atoms with E-state index in [1.54, 1.807) is 12.1 Å². The molecule has 1 saturated heterocycles. The van der Waals surface area contributed by atoms with Crippen LogP contribution in [-0.2, 0) is 16.6 Å². The van der Waals surface area contributed by atoms with E-state index in [1.807, 2.05) is 13.1 Å². The number of ketones is 1. The van der Waals surface area contributed by atoms with Gasteiger partial charge in [0, 0.05) is 18.0 Å². The Labute approximate surface area is 134 Å². The third-order valence-corrected chi connectivity index (χ3v) is 6.42. The highest BCUT2D eigenvalue weighted by Crippen LogP contribution is 2.63. The van der Waals surface area contributed by atoms with Gasteiger partial charge in [0.25, 0.3) is 0 Å². The summed E-state index contributed by atoms with van der Waals surface area (Å²) in [4.78, 5) is 14.4. The van der Waals surface area contributed by atoms with Gasteiger partial charge in [-0.3, -0.25) is 9.69 Å². The van der Waals surface area contributed by atoms with Crippen LogP contribution in [0.15, 0.2) is 24.3 Å². The molecule has 1 spiro atoms. The topological polar surface area (TPSA) is 70.0 Å². The molecule has 0 radical (unpaired) electrons. The molecular formula is C18H19NO4. The van der Waals surface area contributed by atoms with Crippen molar-refractivity contribution in [2.24, 2.45) is 0 Å². The van der Waals surface area contributed by atoms with E-state index in [0.717, 1.165) is 17.7 Å². The first-order valence-electron chi connectivity index (χ1n) is 8.14. The molecule has 0 aromatic heterocycles. The van der Waals surface area contributed by atoms with E-state index in [1.165, 1.54) is 6.08 Å². The Morgan fingerprint density at radius 1 is 1.35 bits per heavy atom. The molecule has 23 heavy (non-hydrogen) atoms. The Bertz CT molecular complexity index is 773. The molecule has 2 N–H and O–H groups in total. The Morgan fingerprint density at radius 2 is 2.17 bits per heavy atom. The smallest absolute Gasteiger partial charge is 0.165 e. The zero-order valence-electron chi connectivity index (χ0n) is 13.0. The minimum Gasteiger partial charge on any atom is -0.504 e. The molecule has 4 unspecified atom stereocenters. The van der Waals surface area contributed by atoms with Gasteiger partial charge in [-0.2, -0.15) is 0 Å². The van der Waals surface area contributed by atoms with Crippen molar-refractivity contribution in [2.45, 2.75) is 42.4 Å². The van der Waals surface area contributed by atoms with Crippen molar-refractivity contribution >= 4 is 5.78 Å². The maximum atomic E-state index is 12.2. The fourth-order valence-corrected chi connectivity index (χ4v) is 5.35. The number of allylic oxidation sites excluding steroid dienone is 1. The molecule has 4 atom stereocenters. The molecule has 120 valence electrons. The number of carbonyl (C=O) groups is 1. The summed E-state index contributed by atoms with van der Waals surface area (Å²) in [6.07, 6.45) is 4.43. The van der Waals surface area contributed by atoms with Crippen molar-refractivity contribution in [3.05, 3.63) is 35.4 Å². The molecule has 1 fully saturated rings. The van der Waals surface area contributed by atoms with Crippen molar-refractivity contribution in [1.82, 2.24) is 4.90 Å². The van der Waals surface area contributed by atoms with Crippen molar-refractivity contribution in [1.29, 1.82) is 0 Å². The van der Waals surface area contributed by atoms with Crippen LogP contribution in [0.1, 0.15) is 24.0 Å². The van der Waals surface area contributed by atoms with E-state index in [-0.39, 0.29) is 24.0 Å². The summed E-state index contributed by atoms with van der Waals surface area (Å²) < 4.78 is 6.07. The molecule has 2 aliphatic carbocycles. The number of aromatic hydroxyl groups is 1. The number of phenolic OH excluding ortho intramolecular Hbond substituents is 1. The predicted octanol–water partition coefficient (Wildman–Crippen LogP) is 0.911. The lowest BCUT2D eigenvalue weighted by Gasteiger charge is -2.58. The summed E-state index contributed by atoms with van der Waals surface area (Å²) in [5.41, 5.74) is 0.246. The summed E-state index contributed by atoms with van der Waals surface area (Å²) in [6, 6.07) is 3.50. The zero-order valence-corrected chi connectivity index (χ0v) is 13.0. The first-order chi connectivity index (χ1) is 11.0. The van der Waals surface area contributed by atoms with Gasteiger partial charge < -0.3 is 14.9 Å². The summed E-state index contributed by atoms with van der Waals surface area (Å²) in [5, 5.41) is 22.0. The number of aliphatic hydroxyl groups is 1. The molecule has 5 nitrogen and oxygen atoms in total. The van der Waals surface area contributed by atoms with Crippen LogP contribution in [0.25, 0.3) is 0 Å². The Morgan fingerprint density at radius 3 is 3.00 bits per heavy atom. The number of hydrogen-bond donors (Lipinski definition) is 2. The molecule has 5 rings (SSSR count). The molecule has 1 aromatic carbocycles. The number of likely N-dealkylation sites (tertiary alicyclic amines) is 1. The fraction of sp³-hybridized carbons (Fsp3) is 0.500. The van der Waals surface area contributed by atoms with Gasteiger partial charge in [-0.25, -0.2) is 0 Å². The number of piperidine rings is 1. The largest absolute Gasteiger partial charge is 0.504 e. The second-order valence-corrected chi connectivity index (χ2v) is 7.31. The quantitative estimate of drug-likeness (QED) is 0.745. The Kier molecular flexibility index (Phi) is 2.34. The fourth-order valence-electron chi connectivity index (χ4n) is 5.35. The number of hydrogen-bond acceptors (Lipinski definition) is 5. The number of carbonyl (C=O) groups excluding carboxylic acids is 1. The van der Waals surface area contributed by atoms with Crippen LogP contribution in [0.5, 0.6) is 11.5 Å². The number of phenols is 1. The molecule has 2 heterocycles. The number of benzene rings is 1. The normalized spacial score (nSPS) is 40.5. The van der Waals surface area contributed by atoms with Gasteiger partial charge in [0.1, 0.15) is 11.7 Å². The lowest BCUT2D eigenvalue weighted by molar-refractivity contribution is -0.132. The molecule has 2 aliphatic heterocycles. The van der Waals surface area contributed by atoms with Gasteiger partial charge in [0.15, 0.2) is 17.3 Å². The lowest BCUT2D eigenvalue weighted by atomic mass is 9.53. The maximum absolute atomic E-state index is 12.2. The van der Waals surface area contributed by atoms with Crippen LogP contribution < -0.4 is 4.74 Å². The summed E-state index contributed by atoms with van der Waals surface area (Å²) in [7, 11) is 2.02. The lowest BCUT2D eigenvalue weighted by Crippen LogP contribution is -2.72. The van der Waals surface area contributed by atoms with Gasteiger partial charge in [0.05, 0.1) is 5.41 Å². The first-order valence-corrected chi connectivity index (χ1v) is 8.14. The van der Waals surface area contributed by atoms with E-state index in [4.69, 9.17) is 4.74 Å². The van der Waals surface area contributed by atoms with Crippen LogP contribution in [0, 0.1) is 0 Å². The SMILES string of the molecule is CN1CCC23c4c5ccc(O)c4OC2CC(=O)C=CC3(O)C1C5.